The Bertz CT molecular complexity index is 544. The first-order valence-electron chi connectivity index (χ1n) is 8.01. The summed E-state index contributed by atoms with van der Waals surface area (Å²) in [5.41, 5.74) is 1.28. The van der Waals surface area contributed by atoms with Gasteiger partial charge in [-0.2, -0.15) is 0 Å². The first kappa shape index (κ1) is 19.0. The summed E-state index contributed by atoms with van der Waals surface area (Å²) in [6, 6.07) is 7.72. The number of carboxylic acids is 1. The van der Waals surface area contributed by atoms with E-state index in [1.165, 1.54) is 23.5 Å². The minimum atomic E-state index is -0.860. The maximum absolute atomic E-state index is 11.8. The SMILES string of the molecule is CC(CCC(=O)O)NC(=O)COc1ccc(C2SCCCS2)cc1. The molecule has 1 atom stereocenters. The van der Waals surface area contributed by atoms with Crippen molar-refractivity contribution in [2.75, 3.05) is 18.1 Å². The van der Waals surface area contributed by atoms with E-state index in [0.29, 0.717) is 16.8 Å². The molecule has 0 aliphatic carbocycles. The number of hydrogen-bond acceptors (Lipinski definition) is 5. The zero-order valence-electron chi connectivity index (χ0n) is 13.7. The van der Waals surface area contributed by atoms with Crippen LogP contribution in [0.1, 0.15) is 36.3 Å². The number of ether oxygens (including phenoxy) is 1. The molecule has 0 saturated carbocycles. The Hall–Kier alpha value is -1.34. The number of aliphatic carboxylic acids is 1. The van der Waals surface area contributed by atoms with E-state index in [2.05, 4.69) is 17.4 Å². The maximum atomic E-state index is 11.8. The lowest BCUT2D eigenvalue weighted by molar-refractivity contribution is -0.137. The monoisotopic (exact) mass is 369 g/mol. The molecule has 2 rings (SSSR count). The Balaban J connectivity index is 1.73. The van der Waals surface area contributed by atoms with Crippen molar-refractivity contribution < 1.29 is 19.4 Å². The van der Waals surface area contributed by atoms with Crippen LogP contribution in [0.25, 0.3) is 0 Å². The van der Waals surface area contributed by atoms with Gasteiger partial charge in [0.25, 0.3) is 5.91 Å². The zero-order chi connectivity index (χ0) is 17.4. The Morgan fingerprint density at radius 3 is 2.58 bits per heavy atom. The summed E-state index contributed by atoms with van der Waals surface area (Å²) in [5, 5.41) is 11.4. The van der Waals surface area contributed by atoms with Crippen LogP contribution in [0.15, 0.2) is 24.3 Å². The lowest BCUT2D eigenvalue weighted by atomic mass is 10.2. The van der Waals surface area contributed by atoms with Gasteiger partial charge in [-0.1, -0.05) is 12.1 Å². The molecule has 1 aliphatic heterocycles. The minimum Gasteiger partial charge on any atom is -0.484 e. The van der Waals surface area contributed by atoms with Gasteiger partial charge in [-0.3, -0.25) is 9.59 Å². The predicted octanol–water partition coefficient (Wildman–Crippen LogP) is 3.30. The average Bonchev–Trinajstić information content (AvgIpc) is 2.59. The van der Waals surface area contributed by atoms with Gasteiger partial charge in [0.05, 0.1) is 4.58 Å². The molecule has 0 aromatic heterocycles. The highest BCUT2D eigenvalue weighted by molar-refractivity contribution is 8.16. The van der Waals surface area contributed by atoms with Gasteiger partial charge in [-0.05, 0) is 49.0 Å². The molecule has 1 aromatic rings. The van der Waals surface area contributed by atoms with Crippen LogP contribution in [-0.2, 0) is 9.59 Å². The summed E-state index contributed by atoms with van der Waals surface area (Å²) >= 11 is 3.94. The second-order valence-corrected chi connectivity index (χ2v) is 8.41. The molecule has 7 heteroatoms. The highest BCUT2D eigenvalue weighted by Gasteiger charge is 2.16. The quantitative estimate of drug-likeness (QED) is 0.732. The third-order valence-corrected chi connectivity index (χ3v) is 6.56. The van der Waals surface area contributed by atoms with E-state index in [1.807, 2.05) is 35.7 Å². The molecule has 24 heavy (non-hydrogen) atoms. The Morgan fingerprint density at radius 2 is 1.96 bits per heavy atom. The lowest BCUT2D eigenvalue weighted by Crippen LogP contribution is -2.36. The normalized spacial score (nSPS) is 16.4. The van der Waals surface area contributed by atoms with Crippen molar-refractivity contribution in [3.63, 3.8) is 0 Å². The van der Waals surface area contributed by atoms with Crippen LogP contribution in [0.3, 0.4) is 0 Å². The number of thioether (sulfide) groups is 2. The van der Waals surface area contributed by atoms with Crippen molar-refractivity contribution in [2.24, 2.45) is 0 Å². The fourth-order valence-electron chi connectivity index (χ4n) is 2.28. The van der Waals surface area contributed by atoms with Crippen LogP contribution in [0, 0.1) is 0 Å². The molecule has 1 amide bonds. The van der Waals surface area contributed by atoms with Crippen molar-refractivity contribution in [1.29, 1.82) is 0 Å². The molecule has 1 unspecified atom stereocenters. The molecule has 1 aromatic carbocycles. The van der Waals surface area contributed by atoms with Crippen molar-refractivity contribution in [1.82, 2.24) is 5.32 Å². The van der Waals surface area contributed by atoms with Gasteiger partial charge >= 0.3 is 5.97 Å². The molecule has 1 saturated heterocycles. The molecule has 132 valence electrons. The van der Waals surface area contributed by atoms with Crippen molar-refractivity contribution >= 4 is 35.4 Å². The highest BCUT2D eigenvalue weighted by atomic mass is 32.2. The molecule has 1 aliphatic rings. The van der Waals surface area contributed by atoms with Crippen molar-refractivity contribution in [2.45, 2.75) is 36.8 Å². The van der Waals surface area contributed by atoms with E-state index >= 15 is 0 Å². The first-order valence-corrected chi connectivity index (χ1v) is 10.1. The van der Waals surface area contributed by atoms with Crippen LogP contribution >= 0.6 is 23.5 Å². The summed E-state index contributed by atoms with van der Waals surface area (Å²) < 4.78 is 5.99. The number of benzene rings is 1. The standard InChI is InChI=1S/C17H23NO4S2/c1-12(3-8-16(20)21)18-15(19)11-22-14-6-4-13(5-7-14)17-23-9-2-10-24-17/h4-7,12,17H,2-3,8-11H2,1H3,(H,18,19)(H,20,21). The van der Waals surface area contributed by atoms with Crippen molar-refractivity contribution in [3.05, 3.63) is 29.8 Å². The Kier molecular flexibility index (Phi) is 7.78. The topological polar surface area (TPSA) is 75.6 Å². The summed E-state index contributed by atoms with van der Waals surface area (Å²) in [5.74, 6) is 1.97. The van der Waals surface area contributed by atoms with E-state index in [0.717, 1.165) is 0 Å². The number of rotatable bonds is 8. The van der Waals surface area contributed by atoms with Gasteiger partial charge in [0.15, 0.2) is 6.61 Å². The number of amides is 1. The minimum absolute atomic E-state index is 0.0426. The number of nitrogens with one attached hydrogen (secondary N) is 1. The van der Waals surface area contributed by atoms with Gasteiger partial charge in [0.2, 0.25) is 0 Å². The van der Waals surface area contributed by atoms with E-state index in [9.17, 15) is 9.59 Å². The number of carboxylic acid groups (broad SMARTS) is 1. The van der Waals surface area contributed by atoms with Crippen LogP contribution in [0.2, 0.25) is 0 Å². The smallest absolute Gasteiger partial charge is 0.303 e. The number of hydrogen-bond donors (Lipinski definition) is 2. The molecule has 1 heterocycles. The van der Waals surface area contributed by atoms with Gasteiger partial charge in [-0.25, -0.2) is 0 Å². The number of carbonyl (C=O) groups excluding carboxylic acids is 1. The summed E-state index contributed by atoms with van der Waals surface area (Å²) in [7, 11) is 0. The lowest BCUT2D eigenvalue weighted by Gasteiger charge is -2.21. The zero-order valence-corrected chi connectivity index (χ0v) is 15.3. The molecule has 0 bridgehead atoms. The van der Waals surface area contributed by atoms with E-state index in [-0.39, 0.29) is 25.0 Å². The Morgan fingerprint density at radius 1 is 1.29 bits per heavy atom. The van der Waals surface area contributed by atoms with Gasteiger partial charge in [0, 0.05) is 12.5 Å². The third kappa shape index (κ3) is 6.65. The summed E-state index contributed by atoms with van der Waals surface area (Å²) in [6.45, 7) is 1.72. The highest BCUT2D eigenvalue weighted by Crippen LogP contribution is 2.43. The van der Waals surface area contributed by atoms with E-state index in [1.54, 1.807) is 6.92 Å². The average molecular weight is 370 g/mol. The van der Waals surface area contributed by atoms with Crippen LogP contribution in [-0.4, -0.2) is 41.1 Å². The van der Waals surface area contributed by atoms with E-state index in [4.69, 9.17) is 9.84 Å². The van der Waals surface area contributed by atoms with Gasteiger partial charge < -0.3 is 15.2 Å². The fraction of sp³-hybridized carbons (Fsp3) is 0.529. The van der Waals surface area contributed by atoms with Crippen LogP contribution < -0.4 is 10.1 Å². The predicted molar refractivity (Wildman–Crippen MR) is 98.7 cm³/mol. The third-order valence-electron chi connectivity index (χ3n) is 3.55. The fourth-order valence-corrected chi connectivity index (χ4v) is 5.17. The van der Waals surface area contributed by atoms with Crippen LogP contribution in [0.4, 0.5) is 0 Å². The molecule has 2 N–H and O–H groups in total. The largest absolute Gasteiger partial charge is 0.484 e. The second kappa shape index (κ2) is 9.84. The van der Waals surface area contributed by atoms with Crippen LogP contribution in [0.5, 0.6) is 5.75 Å². The molecular weight excluding hydrogens is 346 g/mol. The summed E-state index contributed by atoms with van der Waals surface area (Å²) in [4.78, 5) is 22.3. The van der Waals surface area contributed by atoms with E-state index < -0.39 is 5.97 Å². The molecule has 5 nitrogen and oxygen atoms in total. The summed E-state index contributed by atoms with van der Waals surface area (Å²) in [6.07, 6.45) is 1.72. The maximum Gasteiger partial charge on any atom is 0.303 e. The van der Waals surface area contributed by atoms with Gasteiger partial charge in [0.1, 0.15) is 5.75 Å². The molecule has 0 radical (unpaired) electrons. The van der Waals surface area contributed by atoms with Gasteiger partial charge in [-0.15, -0.1) is 23.5 Å². The molecular formula is C17H23NO4S2. The Labute approximate surface area is 150 Å². The molecule has 1 fully saturated rings. The number of carbonyl (C=O) groups is 2. The van der Waals surface area contributed by atoms with Crippen molar-refractivity contribution in [3.8, 4) is 5.75 Å². The second-order valence-electron chi connectivity index (χ2n) is 5.69. The molecule has 0 spiro atoms. The first-order chi connectivity index (χ1) is 11.5.